The maximum absolute atomic E-state index is 4.94. The van der Waals surface area contributed by atoms with Gasteiger partial charge in [-0.15, -0.1) is 0 Å². The molecule has 0 aromatic carbocycles. The zero-order chi connectivity index (χ0) is 3.54. The van der Waals surface area contributed by atoms with Crippen molar-refractivity contribution in [2.75, 3.05) is 13.2 Å². The first kappa shape index (κ1) is 29.7. The topological polar surface area (TPSA) is 9.23 Å². The molecule has 0 amide bonds. The summed E-state index contributed by atoms with van der Waals surface area (Å²) in [4.78, 5) is 0. The maximum atomic E-state index is 4.94. The first-order chi connectivity index (χ1) is 2.50. The molecule has 1 rings (SSSR count). The molecule has 1 radical (unpaired) electrons. The van der Waals surface area contributed by atoms with Crippen LogP contribution in [0.4, 0.5) is 0 Å². The molecule has 0 spiro atoms. The Morgan fingerprint density at radius 2 is 1.00 bits per heavy atom. The largest absolute Gasteiger partial charge is 1.00 e. The molecule has 1 aliphatic heterocycles. The summed E-state index contributed by atoms with van der Waals surface area (Å²) in [5, 5.41) is 0. The van der Waals surface area contributed by atoms with E-state index in [0.717, 1.165) is 13.2 Å². The number of rotatable bonds is 0. The third-order valence-corrected chi connectivity index (χ3v) is 0.827. The Morgan fingerprint density at radius 1 is 0.700 bits per heavy atom. The van der Waals surface area contributed by atoms with Crippen LogP contribution >= 0.6 is 0 Å². The summed E-state index contributed by atoms with van der Waals surface area (Å²) in [6, 6.07) is 0. The number of hydrogen-bond donors (Lipinski definition) is 0. The van der Waals surface area contributed by atoms with E-state index >= 15 is 0 Å². The number of hydrogen-bond acceptors (Lipinski definition) is 1. The van der Waals surface area contributed by atoms with Crippen molar-refractivity contribution in [3.63, 3.8) is 0 Å². The van der Waals surface area contributed by atoms with E-state index in [1.807, 2.05) is 0 Å². The van der Waals surface area contributed by atoms with Gasteiger partial charge >= 0.3 is 0 Å². The van der Waals surface area contributed by atoms with Gasteiger partial charge in [0.15, 0.2) is 0 Å². The Morgan fingerprint density at radius 3 is 1.10 bits per heavy atom. The summed E-state index contributed by atoms with van der Waals surface area (Å²) < 4.78 is 4.94. The second-order valence-corrected chi connectivity index (χ2v) is 1.32. The summed E-state index contributed by atoms with van der Waals surface area (Å²) >= 11 is 0. The Balaban J connectivity index is -0.0000000167. The van der Waals surface area contributed by atoms with E-state index in [1.165, 1.54) is 12.8 Å². The Labute approximate surface area is 102 Å². The Hall–Kier alpha value is 1.86. The van der Waals surface area contributed by atoms with E-state index in [-0.39, 0.29) is 72.0 Å². The molecule has 6 heteroatoms. The molecule has 1 nitrogen and oxygen atoms in total. The van der Waals surface area contributed by atoms with Crippen molar-refractivity contribution in [2.24, 2.45) is 0 Å². The second-order valence-electron chi connectivity index (χ2n) is 1.32. The van der Waals surface area contributed by atoms with E-state index in [1.54, 1.807) is 0 Å². The fourth-order valence-electron chi connectivity index (χ4n) is 0.510. The summed E-state index contributed by atoms with van der Waals surface area (Å²) in [5.41, 5.74) is 0. The SMILES string of the molecule is C1CCOC1.[Cl-].[Cl-].[Cl-].[Cl-].[Nb]. The third kappa shape index (κ3) is 16.4. The third-order valence-electron chi connectivity index (χ3n) is 0.827. The van der Waals surface area contributed by atoms with Crippen LogP contribution in [0.25, 0.3) is 0 Å². The predicted molar refractivity (Wildman–Crippen MR) is 20.1 cm³/mol. The minimum atomic E-state index is 0. The van der Waals surface area contributed by atoms with Gasteiger partial charge in [-0.25, -0.2) is 0 Å². The Kier molecular flexibility index (Phi) is 66.7. The average Bonchev–Trinajstić information content (AvgIpc) is 1.76. The first-order valence-electron chi connectivity index (χ1n) is 2.08. The van der Waals surface area contributed by atoms with Crippen LogP contribution in [0.3, 0.4) is 0 Å². The van der Waals surface area contributed by atoms with E-state index in [0.29, 0.717) is 0 Å². The quantitative estimate of drug-likeness (QED) is 0.404. The molecule has 1 fully saturated rings. The molecular formula is C4H8Cl4NbO-4. The molecule has 0 aliphatic carbocycles. The van der Waals surface area contributed by atoms with Gasteiger partial charge in [0, 0.05) is 35.6 Å². The van der Waals surface area contributed by atoms with Gasteiger partial charge in [0.2, 0.25) is 0 Å². The van der Waals surface area contributed by atoms with Gasteiger partial charge in [0.05, 0.1) is 0 Å². The van der Waals surface area contributed by atoms with Crippen molar-refractivity contribution in [1.29, 1.82) is 0 Å². The van der Waals surface area contributed by atoms with E-state index in [2.05, 4.69) is 0 Å². The first-order valence-corrected chi connectivity index (χ1v) is 2.08. The molecule has 67 valence electrons. The van der Waals surface area contributed by atoms with Gasteiger partial charge in [-0.1, -0.05) is 0 Å². The summed E-state index contributed by atoms with van der Waals surface area (Å²) in [5.74, 6) is 0. The molecule has 0 atom stereocenters. The normalized spacial score (nSPS) is 12.0. The smallest absolute Gasteiger partial charge is 0.0466 e. The van der Waals surface area contributed by atoms with Crippen LogP contribution in [0.2, 0.25) is 0 Å². The van der Waals surface area contributed by atoms with Gasteiger partial charge in [0.1, 0.15) is 0 Å². The molecule has 0 N–H and O–H groups in total. The van der Waals surface area contributed by atoms with Crippen LogP contribution in [-0.2, 0) is 27.1 Å². The van der Waals surface area contributed by atoms with Crippen molar-refractivity contribution < 1.29 is 76.7 Å². The second kappa shape index (κ2) is 22.4. The zero-order valence-electron chi connectivity index (χ0n) is 5.20. The minimum Gasteiger partial charge on any atom is -1.00 e. The molecule has 10 heavy (non-hydrogen) atoms. The molecule has 1 saturated heterocycles. The minimum absolute atomic E-state index is 0. The van der Waals surface area contributed by atoms with Gasteiger partial charge in [-0.2, -0.15) is 0 Å². The Bertz CT molecular complexity index is 28.8. The standard InChI is InChI=1S/C4H8O.4ClH.Nb/c1-2-4-5-3-1;;;;;/h1-4H2;4*1H;/p-4. The number of ether oxygens (including phenoxy) is 1. The van der Waals surface area contributed by atoms with Crippen LogP contribution in [0.5, 0.6) is 0 Å². The molecule has 0 bridgehead atoms. The zero-order valence-corrected chi connectivity index (χ0v) is 10.4. The average molecular weight is 307 g/mol. The van der Waals surface area contributed by atoms with Crippen molar-refractivity contribution in [1.82, 2.24) is 0 Å². The van der Waals surface area contributed by atoms with E-state index < -0.39 is 0 Å². The van der Waals surface area contributed by atoms with Crippen LogP contribution in [0.15, 0.2) is 0 Å². The van der Waals surface area contributed by atoms with Crippen molar-refractivity contribution in [2.45, 2.75) is 12.8 Å². The van der Waals surface area contributed by atoms with Gasteiger partial charge in [-0.05, 0) is 12.8 Å². The fraction of sp³-hybridized carbons (Fsp3) is 1.00. The van der Waals surface area contributed by atoms with Crippen LogP contribution < -0.4 is 49.6 Å². The molecule has 0 saturated carbocycles. The molecule has 0 unspecified atom stereocenters. The van der Waals surface area contributed by atoms with Crippen molar-refractivity contribution >= 4 is 0 Å². The number of halogens is 4. The monoisotopic (exact) mass is 305 g/mol. The molecule has 1 aliphatic rings. The van der Waals surface area contributed by atoms with Gasteiger partial charge in [-0.3, -0.25) is 0 Å². The maximum Gasteiger partial charge on any atom is 0.0466 e. The fourth-order valence-corrected chi connectivity index (χ4v) is 0.510. The van der Waals surface area contributed by atoms with Gasteiger partial charge in [0.25, 0.3) is 0 Å². The van der Waals surface area contributed by atoms with Crippen LogP contribution in [0.1, 0.15) is 12.8 Å². The summed E-state index contributed by atoms with van der Waals surface area (Å²) in [6.45, 7) is 2.00. The molecule has 0 aromatic rings. The molecule has 0 aromatic heterocycles. The van der Waals surface area contributed by atoms with E-state index in [4.69, 9.17) is 4.74 Å². The van der Waals surface area contributed by atoms with Crippen LogP contribution in [-0.4, -0.2) is 13.2 Å². The summed E-state index contributed by atoms with van der Waals surface area (Å²) in [6.07, 6.45) is 2.56. The molecular weight excluding hydrogens is 299 g/mol. The van der Waals surface area contributed by atoms with E-state index in [9.17, 15) is 0 Å². The van der Waals surface area contributed by atoms with Gasteiger partial charge < -0.3 is 54.4 Å². The van der Waals surface area contributed by atoms with Crippen molar-refractivity contribution in [3.8, 4) is 0 Å². The summed E-state index contributed by atoms with van der Waals surface area (Å²) in [7, 11) is 0. The van der Waals surface area contributed by atoms with Crippen LogP contribution in [0, 0.1) is 0 Å². The van der Waals surface area contributed by atoms with Crippen molar-refractivity contribution in [3.05, 3.63) is 0 Å². The molecule has 1 heterocycles. The predicted octanol–water partition coefficient (Wildman–Crippen LogP) is -11.2.